The first kappa shape index (κ1) is 28.7. The normalized spacial score (nSPS) is 15.0. The average molecular weight is 658 g/mol. The van der Waals surface area contributed by atoms with E-state index in [0.717, 1.165) is 32.8 Å². The third-order valence-electron chi connectivity index (χ3n) is 11.9. The van der Waals surface area contributed by atoms with Crippen molar-refractivity contribution in [2.75, 3.05) is 0 Å². The monoisotopic (exact) mass is 657 g/mol. The lowest BCUT2D eigenvalue weighted by atomic mass is 9.68. The van der Waals surface area contributed by atoms with Crippen LogP contribution < -0.4 is 8.80 Å². The lowest BCUT2D eigenvalue weighted by molar-refractivity contribution is -0.650. The standard InChI is InChI=1S/C47H37N4/c1-46(2)37-19-11-17-35-36-18-12-20-38-44(36)51(43(35)37)45-39(46)27-34(28-40(45)47(38,3)4)50-32-15-9-13-30(25-32)41-21-5-7-23-48(41)29-49-24-8-6-22-42(49)31-14-10-16-33(50)26-31/h5-29H,1-4H3/q+1. The first-order valence-corrected chi connectivity index (χ1v) is 17.9. The van der Waals surface area contributed by atoms with Crippen LogP contribution in [0, 0.1) is 0 Å². The highest BCUT2D eigenvalue weighted by Gasteiger charge is 2.43. The summed E-state index contributed by atoms with van der Waals surface area (Å²) in [4.78, 5) is 0. The molecule has 0 fully saturated rings. The Labute approximate surface area is 296 Å². The van der Waals surface area contributed by atoms with Gasteiger partial charge in [-0.1, -0.05) is 100 Å². The summed E-state index contributed by atoms with van der Waals surface area (Å²) in [7, 11) is 0. The van der Waals surface area contributed by atoms with Gasteiger partial charge < -0.3 is 9.13 Å². The van der Waals surface area contributed by atoms with Gasteiger partial charge in [-0.2, -0.15) is 0 Å². The molecule has 0 amide bonds. The van der Waals surface area contributed by atoms with Gasteiger partial charge in [-0.15, -0.1) is 0 Å². The topological polar surface area (TPSA) is 18.1 Å². The Morgan fingerprint density at radius 1 is 0.471 bits per heavy atom. The van der Waals surface area contributed by atoms with Crippen molar-refractivity contribution < 1.29 is 8.80 Å². The fraction of sp³-hybridized carbons (Fsp3) is 0.128. The van der Waals surface area contributed by atoms with Crippen molar-refractivity contribution in [3.05, 3.63) is 174 Å². The van der Waals surface area contributed by atoms with Crippen LogP contribution in [0.4, 0.5) is 0 Å². The van der Waals surface area contributed by atoms with Gasteiger partial charge in [0.1, 0.15) is 12.4 Å². The number of nitrogens with zero attached hydrogens (tertiary/aromatic N) is 4. The molecular formula is C47H37N4+. The number of rotatable bonds is 1. The Kier molecular flexibility index (Phi) is 5.49. The molecule has 4 aromatic heterocycles. The van der Waals surface area contributed by atoms with Gasteiger partial charge in [-0.25, -0.2) is 8.80 Å². The van der Waals surface area contributed by atoms with E-state index in [1.165, 1.54) is 55.4 Å². The molecule has 9 aromatic rings. The first-order valence-electron chi connectivity index (χ1n) is 17.9. The van der Waals surface area contributed by atoms with Crippen molar-refractivity contribution in [3.8, 4) is 11.4 Å². The van der Waals surface area contributed by atoms with E-state index in [1.54, 1.807) is 0 Å². The Balaban J connectivity index is 1.35. The molecule has 11 rings (SSSR count). The molecule has 0 radical (unpaired) electrons. The third-order valence-corrected chi connectivity index (χ3v) is 11.9. The highest BCUT2D eigenvalue weighted by Crippen LogP contribution is 2.55. The number of hydrogen-bond donors (Lipinski definition) is 0. The molecule has 0 saturated carbocycles. The van der Waals surface area contributed by atoms with Gasteiger partial charge in [0, 0.05) is 49.1 Å². The first-order chi connectivity index (χ1) is 24.8. The summed E-state index contributed by atoms with van der Waals surface area (Å²) in [5, 5.41) is 5.01. The Hall–Kier alpha value is -6.13. The summed E-state index contributed by atoms with van der Waals surface area (Å²) in [6.45, 7) is 9.67. The van der Waals surface area contributed by atoms with E-state index in [-0.39, 0.29) is 10.8 Å². The van der Waals surface area contributed by atoms with Crippen LogP contribution in [0.15, 0.2) is 152 Å². The van der Waals surface area contributed by atoms with Gasteiger partial charge >= 0.3 is 6.33 Å². The van der Waals surface area contributed by atoms with Crippen LogP contribution in [0.3, 0.4) is 0 Å². The van der Waals surface area contributed by atoms with Gasteiger partial charge in [0.2, 0.25) is 0 Å². The SMILES string of the molecule is CC1(C)c2cc(-n3c4cccc(c4)c4cccc[n+]4[cH-][n+]4ccccc4c4cccc3c4)cc3c2-n2c4c1cccc4c1cccc(c12)C3(C)C. The lowest BCUT2D eigenvalue weighted by Gasteiger charge is -2.42. The second kappa shape index (κ2) is 9.76. The molecule has 244 valence electrons. The third kappa shape index (κ3) is 3.72. The summed E-state index contributed by atoms with van der Waals surface area (Å²) in [6.07, 6.45) is 6.44. The summed E-state index contributed by atoms with van der Waals surface area (Å²) in [5.74, 6) is 0. The molecule has 0 spiro atoms. The summed E-state index contributed by atoms with van der Waals surface area (Å²) < 4.78 is 9.53. The minimum absolute atomic E-state index is 0.214. The zero-order valence-corrected chi connectivity index (χ0v) is 29.2. The zero-order chi connectivity index (χ0) is 34.2. The molecule has 2 aliphatic rings. The Morgan fingerprint density at radius 2 is 0.961 bits per heavy atom. The van der Waals surface area contributed by atoms with Crippen LogP contribution in [0.25, 0.3) is 66.0 Å². The molecule has 4 bridgehead atoms. The van der Waals surface area contributed by atoms with Crippen molar-refractivity contribution in [1.29, 1.82) is 0 Å². The van der Waals surface area contributed by atoms with Crippen molar-refractivity contribution in [2.24, 2.45) is 0 Å². The molecule has 0 aliphatic carbocycles. The number of hydrogen-bond acceptors (Lipinski definition) is 0. The van der Waals surface area contributed by atoms with E-state index in [4.69, 9.17) is 0 Å². The second-order valence-corrected chi connectivity index (χ2v) is 15.4. The summed E-state index contributed by atoms with van der Waals surface area (Å²) in [6, 6.07) is 49.7. The van der Waals surface area contributed by atoms with Crippen molar-refractivity contribution >= 4 is 54.6 Å². The number of para-hydroxylation sites is 2. The molecular weight excluding hydrogens is 621 g/mol. The Morgan fingerprint density at radius 3 is 1.47 bits per heavy atom. The highest BCUT2D eigenvalue weighted by molar-refractivity contribution is 6.14. The molecule has 4 nitrogen and oxygen atoms in total. The molecule has 2 aliphatic heterocycles. The van der Waals surface area contributed by atoms with Crippen LogP contribution >= 0.6 is 0 Å². The highest BCUT2D eigenvalue weighted by atomic mass is 15.0. The van der Waals surface area contributed by atoms with Crippen molar-refractivity contribution in [3.63, 3.8) is 0 Å². The molecule has 6 heterocycles. The van der Waals surface area contributed by atoms with Gasteiger partial charge in [0.15, 0.2) is 11.0 Å². The molecule has 4 heteroatoms. The maximum absolute atomic E-state index is 2.61. The van der Waals surface area contributed by atoms with E-state index < -0.39 is 0 Å². The fourth-order valence-corrected chi connectivity index (χ4v) is 9.37. The maximum atomic E-state index is 2.61. The fourth-order valence-electron chi connectivity index (χ4n) is 9.37. The number of benzene rings is 5. The summed E-state index contributed by atoms with van der Waals surface area (Å²) >= 11 is 0. The van der Waals surface area contributed by atoms with Crippen LogP contribution in [-0.4, -0.2) is 9.13 Å². The van der Waals surface area contributed by atoms with Crippen LogP contribution in [0.2, 0.25) is 0 Å². The molecule has 51 heavy (non-hydrogen) atoms. The zero-order valence-electron chi connectivity index (χ0n) is 29.2. The van der Waals surface area contributed by atoms with E-state index in [2.05, 4.69) is 198 Å². The van der Waals surface area contributed by atoms with E-state index in [9.17, 15) is 0 Å². The van der Waals surface area contributed by atoms with E-state index >= 15 is 0 Å². The molecule has 0 saturated heterocycles. The van der Waals surface area contributed by atoms with Crippen molar-refractivity contribution in [1.82, 2.24) is 9.13 Å². The van der Waals surface area contributed by atoms with Gasteiger partial charge in [0.05, 0.1) is 16.7 Å². The number of aromatic nitrogens is 4. The number of pyridine rings is 2. The summed E-state index contributed by atoms with van der Waals surface area (Å²) in [5.41, 5.74) is 14.8. The molecule has 0 unspecified atom stereocenters. The minimum Gasteiger partial charge on any atom is -0.310 e. The molecule has 5 aromatic carbocycles. The van der Waals surface area contributed by atoms with Crippen LogP contribution in [0.1, 0.15) is 49.9 Å². The van der Waals surface area contributed by atoms with Gasteiger partial charge in [0.25, 0.3) is 0 Å². The molecule has 0 N–H and O–H groups in total. The van der Waals surface area contributed by atoms with Gasteiger partial charge in [-0.05, 0) is 82.9 Å². The van der Waals surface area contributed by atoms with Crippen LogP contribution in [-0.2, 0) is 10.8 Å². The van der Waals surface area contributed by atoms with Crippen LogP contribution in [0.5, 0.6) is 0 Å². The maximum Gasteiger partial charge on any atom is 0.344 e. The number of fused-ring (bicyclic) bond motifs is 9. The van der Waals surface area contributed by atoms with E-state index in [1.807, 2.05) is 0 Å². The van der Waals surface area contributed by atoms with Crippen molar-refractivity contribution in [2.45, 2.75) is 38.5 Å². The quantitative estimate of drug-likeness (QED) is 0.124. The minimum atomic E-state index is -0.214. The van der Waals surface area contributed by atoms with E-state index in [0.29, 0.717) is 0 Å². The Bertz CT molecular complexity index is 2890. The lowest BCUT2D eigenvalue weighted by Crippen LogP contribution is -2.33. The average Bonchev–Trinajstić information content (AvgIpc) is 3.49. The smallest absolute Gasteiger partial charge is 0.310 e. The predicted molar refractivity (Wildman–Crippen MR) is 208 cm³/mol. The predicted octanol–water partition coefficient (Wildman–Crippen LogP) is 10.0. The largest absolute Gasteiger partial charge is 0.344 e. The second-order valence-electron chi connectivity index (χ2n) is 15.4. The van der Waals surface area contributed by atoms with Gasteiger partial charge in [-0.3, -0.25) is 0 Å². The molecule has 0 atom stereocenters.